The molecule has 4 heteroatoms. The van der Waals surface area contributed by atoms with E-state index in [4.69, 9.17) is 0 Å². The molecule has 122 valence electrons. The van der Waals surface area contributed by atoms with Gasteiger partial charge in [-0.05, 0) is 69.4 Å². The molecule has 2 atom stereocenters. The van der Waals surface area contributed by atoms with Crippen LogP contribution >= 0.6 is 0 Å². The van der Waals surface area contributed by atoms with Crippen molar-refractivity contribution in [1.29, 1.82) is 0 Å². The van der Waals surface area contributed by atoms with E-state index in [0.29, 0.717) is 0 Å². The molecule has 1 N–H and O–H groups in total. The van der Waals surface area contributed by atoms with Crippen LogP contribution in [0.4, 0.5) is 0 Å². The first-order valence-electron chi connectivity index (χ1n) is 8.80. The SMILES string of the molecule is CN(Cc1cccnc1)CC1CCN(CC2CCCNC2)C1. The van der Waals surface area contributed by atoms with Crippen LogP contribution in [0.2, 0.25) is 0 Å². The summed E-state index contributed by atoms with van der Waals surface area (Å²) in [5, 5.41) is 3.54. The van der Waals surface area contributed by atoms with Gasteiger partial charge >= 0.3 is 0 Å². The van der Waals surface area contributed by atoms with Gasteiger partial charge in [0.2, 0.25) is 0 Å². The third-order valence-corrected chi connectivity index (χ3v) is 5.03. The van der Waals surface area contributed by atoms with Crippen LogP contribution < -0.4 is 5.32 Å². The van der Waals surface area contributed by atoms with Gasteiger partial charge in [0.15, 0.2) is 0 Å². The molecule has 3 rings (SSSR count). The van der Waals surface area contributed by atoms with Crippen molar-refractivity contribution in [3.63, 3.8) is 0 Å². The summed E-state index contributed by atoms with van der Waals surface area (Å²) in [6.45, 7) is 8.54. The maximum absolute atomic E-state index is 4.21. The van der Waals surface area contributed by atoms with Gasteiger partial charge in [0.05, 0.1) is 0 Å². The highest BCUT2D eigenvalue weighted by Crippen LogP contribution is 2.21. The molecule has 0 spiro atoms. The summed E-state index contributed by atoms with van der Waals surface area (Å²) in [4.78, 5) is 9.35. The van der Waals surface area contributed by atoms with E-state index in [1.807, 2.05) is 18.5 Å². The summed E-state index contributed by atoms with van der Waals surface area (Å²) in [7, 11) is 2.24. The molecule has 1 aromatic rings. The van der Waals surface area contributed by atoms with E-state index < -0.39 is 0 Å². The molecule has 4 nitrogen and oxygen atoms in total. The summed E-state index contributed by atoms with van der Waals surface area (Å²) in [6.07, 6.45) is 7.95. The Morgan fingerprint density at radius 3 is 3.09 bits per heavy atom. The lowest BCUT2D eigenvalue weighted by atomic mass is 9.99. The van der Waals surface area contributed by atoms with Crippen LogP contribution in [0.25, 0.3) is 0 Å². The van der Waals surface area contributed by atoms with E-state index in [9.17, 15) is 0 Å². The molecule has 1 aromatic heterocycles. The van der Waals surface area contributed by atoms with Crippen LogP contribution in [0.3, 0.4) is 0 Å². The Morgan fingerprint density at radius 2 is 2.32 bits per heavy atom. The van der Waals surface area contributed by atoms with Crippen molar-refractivity contribution < 1.29 is 0 Å². The summed E-state index contributed by atoms with van der Waals surface area (Å²) in [6, 6.07) is 4.19. The van der Waals surface area contributed by atoms with Crippen LogP contribution in [0, 0.1) is 11.8 Å². The Bertz CT molecular complexity index is 430. The molecule has 0 amide bonds. The van der Waals surface area contributed by atoms with Crippen molar-refractivity contribution >= 4 is 0 Å². The zero-order chi connectivity index (χ0) is 15.2. The summed E-state index contributed by atoms with van der Waals surface area (Å²) < 4.78 is 0. The molecule has 3 heterocycles. The lowest BCUT2D eigenvalue weighted by Crippen LogP contribution is -2.38. The predicted octanol–water partition coefficient (Wildman–Crippen LogP) is 1.83. The van der Waals surface area contributed by atoms with Gasteiger partial charge in [-0.15, -0.1) is 0 Å². The number of piperidine rings is 1. The van der Waals surface area contributed by atoms with Crippen LogP contribution in [-0.4, -0.2) is 61.1 Å². The van der Waals surface area contributed by atoms with Gasteiger partial charge in [0.1, 0.15) is 0 Å². The van der Waals surface area contributed by atoms with Gasteiger partial charge < -0.3 is 15.1 Å². The highest BCUT2D eigenvalue weighted by molar-refractivity contribution is 5.07. The number of nitrogens with zero attached hydrogens (tertiary/aromatic N) is 3. The number of pyridine rings is 1. The minimum Gasteiger partial charge on any atom is -0.316 e. The average molecular weight is 302 g/mol. The second-order valence-electron chi connectivity index (χ2n) is 7.18. The first-order valence-corrected chi connectivity index (χ1v) is 8.80. The zero-order valence-electron chi connectivity index (χ0n) is 13.9. The summed E-state index contributed by atoms with van der Waals surface area (Å²) >= 11 is 0. The third-order valence-electron chi connectivity index (χ3n) is 5.03. The molecule has 0 radical (unpaired) electrons. The Hall–Kier alpha value is -0.970. The molecule has 0 bridgehead atoms. The van der Waals surface area contributed by atoms with Crippen LogP contribution in [0.5, 0.6) is 0 Å². The lowest BCUT2D eigenvalue weighted by molar-refractivity contribution is 0.222. The first kappa shape index (κ1) is 15.9. The molecular formula is C18H30N4. The highest BCUT2D eigenvalue weighted by Gasteiger charge is 2.26. The fourth-order valence-corrected chi connectivity index (χ4v) is 3.98. The number of hydrogen-bond donors (Lipinski definition) is 1. The van der Waals surface area contributed by atoms with Gasteiger partial charge in [-0.1, -0.05) is 6.07 Å². The van der Waals surface area contributed by atoms with Crippen molar-refractivity contribution in [3.8, 4) is 0 Å². The van der Waals surface area contributed by atoms with Crippen molar-refractivity contribution in [2.24, 2.45) is 11.8 Å². The van der Waals surface area contributed by atoms with Crippen LogP contribution in [0.1, 0.15) is 24.8 Å². The zero-order valence-corrected chi connectivity index (χ0v) is 13.9. The Balaban J connectivity index is 1.38. The molecule has 0 aromatic carbocycles. The molecule has 2 saturated heterocycles. The molecular weight excluding hydrogens is 272 g/mol. The normalized spacial score (nSPS) is 26.6. The molecule has 2 unspecified atom stereocenters. The smallest absolute Gasteiger partial charge is 0.0312 e. The first-order chi connectivity index (χ1) is 10.8. The quantitative estimate of drug-likeness (QED) is 0.869. The van der Waals surface area contributed by atoms with Gasteiger partial charge in [0, 0.05) is 38.6 Å². The van der Waals surface area contributed by atoms with E-state index in [2.05, 4.69) is 33.2 Å². The number of rotatable bonds is 6. The Labute approximate surface area is 134 Å². The number of likely N-dealkylation sites (tertiary alicyclic amines) is 1. The van der Waals surface area contributed by atoms with Crippen LogP contribution in [-0.2, 0) is 6.54 Å². The minimum absolute atomic E-state index is 0.832. The van der Waals surface area contributed by atoms with Crippen molar-refractivity contribution in [2.45, 2.75) is 25.8 Å². The fraction of sp³-hybridized carbons (Fsp3) is 0.722. The maximum Gasteiger partial charge on any atom is 0.0312 e. The van der Waals surface area contributed by atoms with E-state index >= 15 is 0 Å². The van der Waals surface area contributed by atoms with E-state index in [0.717, 1.165) is 18.4 Å². The maximum atomic E-state index is 4.21. The fourth-order valence-electron chi connectivity index (χ4n) is 3.98. The monoisotopic (exact) mass is 302 g/mol. The topological polar surface area (TPSA) is 31.4 Å². The average Bonchev–Trinajstić information content (AvgIpc) is 2.96. The molecule has 0 saturated carbocycles. The third kappa shape index (κ3) is 4.77. The van der Waals surface area contributed by atoms with Gasteiger partial charge in [-0.2, -0.15) is 0 Å². The second kappa shape index (κ2) is 8.04. The van der Waals surface area contributed by atoms with Crippen molar-refractivity contribution in [1.82, 2.24) is 20.1 Å². The number of aromatic nitrogens is 1. The number of hydrogen-bond acceptors (Lipinski definition) is 4. The summed E-state index contributed by atoms with van der Waals surface area (Å²) in [5.41, 5.74) is 1.31. The molecule has 2 fully saturated rings. The molecule has 22 heavy (non-hydrogen) atoms. The van der Waals surface area contributed by atoms with E-state index in [-0.39, 0.29) is 0 Å². The largest absolute Gasteiger partial charge is 0.316 e. The molecule has 2 aliphatic heterocycles. The Kier molecular flexibility index (Phi) is 5.82. The van der Waals surface area contributed by atoms with Gasteiger partial charge in [-0.3, -0.25) is 4.98 Å². The van der Waals surface area contributed by atoms with Gasteiger partial charge in [-0.25, -0.2) is 0 Å². The molecule has 2 aliphatic rings. The second-order valence-corrected chi connectivity index (χ2v) is 7.18. The highest BCUT2D eigenvalue weighted by atomic mass is 15.2. The van der Waals surface area contributed by atoms with Crippen molar-refractivity contribution in [3.05, 3.63) is 30.1 Å². The van der Waals surface area contributed by atoms with Crippen LogP contribution in [0.15, 0.2) is 24.5 Å². The van der Waals surface area contributed by atoms with Crippen molar-refractivity contribution in [2.75, 3.05) is 46.3 Å². The standard InChI is InChI=1S/C18H30N4/c1-21(12-16-4-2-7-19-10-16)13-18-6-9-22(15-18)14-17-5-3-8-20-11-17/h2,4,7,10,17-18,20H,3,5-6,8-9,11-15H2,1H3. The van der Waals surface area contributed by atoms with E-state index in [1.165, 1.54) is 64.1 Å². The predicted molar refractivity (Wildman–Crippen MR) is 90.7 cm³/mol. The van der Waals surface area contributed by atoms with Gasteiger partial charge in [0.25, 0.3) is 0 Å². The summed E-state index contributed by atoms with van der Waals surface area (Å²) in [5.74, 6) is 1.71. The van der Waals surface area contributed by atoms with E-state index in [1.54, 1.807) is 0 Å². The Morgan fingerprint density at radius 1 is 1.36 bits per heavy atom. The lowest BCUT2D eigenvalue weighted by Gasteiger charge is -2.28. The molecule has 0 aliphatic carbocycles. The number of nitrogens with one attached hydrogen (secondary N) is 1. The minimum atomic E-state index is 0.832.